The van der Waals surface area contributed by atoms with Crippen LogP contribution < -0.4 is 11.5 Å². The molecule has 2 aromatic carbocycles. The fourth-order valence-electron chi connectivity index (χ4n) is 1.72. The number of phenols is 2. The van der Waals surface area contributed by atoms with Gasteiger partial charge in [-0.3, -0.25) is 4.79 Å². The zero-order valence-corrected chi connectivity index (χ0v) is 9.42. The standard InChI is InChI=1S/C13H12N2O3/c14-7-5-9(15)12(11(17)6-7)13(18)8-3-1-2-4-10(8)16/h1-6,16-17H,14-15H2. The van der Waals surface area contributed by atoms with Crippen LogP contribution in [0.2, 0.25) is 0 Å². The van der Waals surface area contributed by atoms with E-state index < -0.39 is 5.78 Å². The highest BCUT2D eigenvalue weighted by Crippen LogP contribution is 2.31. The second-order valence-corrected chi connectivity index (χ2v) is 3.85. The Balaban J connectivity index is 2.57. The molecule has 0 amide bonds. The highest BCUT2D eigenvalue weighted by Gasteiger charge is 2.19. The molecule has 6 N–H and O–H groups in total. The number of para-hydroxylation sites is 1. The van der Waals surface area contributed by atoms with Crippen molar-refractivity contribution < 1.29 is 15.0 Å². The van der Waals surface area contributed by atoms with Crippen LogP contribution in [0.1, 0.15) is 15.9 Å². The van der Waals surface area contributed by atoms with Gasteiger partial charge in [-0.1, -0.05) is 12.1 Å². The molecule has 0 aliphatic heterocycles. The van der Waals surface area contributed by atoms with Crippen molar-refractivity contribution in [2.45, 2.75) is 0 Å². The van der Waals surface area contributed by atoms with E-state index in [0.29, 0.717) is 0 Å². The lowest BCUT2D eigenvalue weighted by Crippen LogP contribution is -2.07. The van der Waals surface area contributed by atoms with Crippen molar-refractivity contribution in [1.82, 2.24) is 0 Å². The van der Waals surface area contributed by atoms with Gasteiger partial charge in [0.15, 0.2) is 0 Å². The molecule has 0 spiro atoms. The van der Waals surface area contributed by atoms with Crippen LogP contribution in [0.3, 0.4) is 0 Å². The molecule has 0 atom stereocenters. The van der Waals surface area contributed by atoms with Gasteiger partial charge in [0.1, 0.15) is 11.5 Å². The zero-order chi connectivity index (χ0) is 13.3. The Kier molecular flexibility index (Phi) is 2.81. The molecule has 2 rings (SSSR count). The first-order chi connectivity index (χ1) is 8.50. The number of benzene rings is 2. The molecule has 5 nitrogen and oxygen atoms in total. The Bertz CT molecular complexity index is 600. The van der Waals surface area contributed by atoms with Crippen molar-refractivity contribution in [2.75, 3.05) is 11.5 Å². The third-order valence-corrected chi connectivity index (χ3v) is 2.55. The number of ketones is 1. The molecular formula is C13H12N2O3. The minimum atomic E-state index is -0.553. The molecule has 92 valence electrons. The van der Waals surface area contributed by atoms with Crippen LogP contribution in [-0.2, 0) is 0 Å². The van der Waals surface area contributed by atoms with Crippen molar-refractivity contribution in [1.29, 1.82) is 0 Å². The summed E-state index contributed by atoms with van der Waals surface area (Å²) >= 11 is 0. The molecule has 2 aromatic rings. The van der Waals surface area contributed by atoms with Crippen molar-refractivity contribution in [3.8, 4) is 11.5 Å². The molecule has 0 aromatic heterocycles. The number of carbonyl (C=O) groups is 1. The van der Waals surface area contributed by atoms with Crippen LogP contribution in [0.15, 0.2) is 36.4 Å². The maximum absolute atomic E-state index is 12.2. The molecule has 0 aliphatic rings. The quantitative estimate of drug-likeness (QED) is 0.472. The van der Waals surface area contributed by atoms with Crippen molar-refractivity contribution >= 4 is 17.2 Å². The van der Waals surface area contributed by atoms with E-state index >= 15 is 0 Å². The van der Waals surface area contributed by atoms with Gasteiger partial charge in [0.05, 0.1) is 11.1 Å². The molecule has 0 aliphatic carbocycles. The molecular weight excluding hydrogens is 232 g/mol. The lowest BCUT2D eigenvalue weighted by atomic mass is 9.99. The number of carbonyl (C=O) groups excluding carboxylic acids is 1. The summed E-state index contributed by atoms with van der Waals surface area (Å²) in [6.45, 7) is 0. The summed E-state index contributed by atoms with van der Waals surface area (Å²) in [5.41, 5.74) is 11.5. The first-order valence-corrected chi connectivity index (χ1v) is 5.21. The topological polar surface area (TPSA) is 110 Å². The number of hydrogen-bond donors (Lipinski definition) is 4. The van der Waals surface area contributed by atoms with Gasteiger partial charge in [0.2, 0.25) is 5.78 Å². The lowest BCUT2D eigenvalue weighted by molar-refractivity contribution is 0.103. The molecule has 0 saturated heterocycles. The molecule has 0 radical (unpaired) electrons. The molecule has 0 saturated carbocycles. The summed E-state index contributed by atoms with van der Waals surface area (Å²) < 4.78 is 0. The Morgan fingerprint density at radius 1 is 1.00 bits per heavy atom. The minimum Gasteiger partial charge on any atom is -0.507 e. The average Bonchev–Trinajstić information content (AvgIpc) is 2.27. The Hall–Kier alpha value is -2.69. The van der Waals surface area contributed by atoms with E-state index in [-0.39, 0.29) is 34.0 Å². The van der Waals surface area contributed by atoms with Crippen molar-refractivity contribution in [3.63, 3.8) is 0 Å². The number of anilines is 2. The Labute approximate surface area is 103 Å². The highest BCUT2D eigenvalue weighted by atomic mass is 16.3. The summed E-state index contributed by atoms with van der Waals surface area (Å²) in [5.74, 6) is -1.03. The Morgan fingerprint density at radius 2 is 1.67 bits per heavy atom. The maximum Gasteiger partial charge on any atom is 0.202 e. The van der Waals surface area contributed by atoms with E-state index in [2.05, 4.69) is 0 Å². The number of aromatic hydroxyl groups is 2. The average molecular weight is 244 g/mol. The lowest BCUT2D eigenvalue weighted by Gasteiger charge is -2.09. The normalized spacial score (nSPS) is 10.2. The maximum atomic E-state index is 12.2. The van der Waals surface area contributed by atoms with Crippen LogP contribution in [0.5, 0.6) is 11.5 Å². The zero-order valence-electron chi connectivity index (χ0n) is 9.42. The predicted octanol–water partition coefficient (Wildman–Crippen LogP) is 1.49. The molecule has 0 heterocycles. The molecule has 0 fully saturated rings. The monoisotopic (exact) mass is 244 g/mol. The molecule has 18 heavy (non-hydrogen) atoms. The highest BCUT2D eigenvalue weighted by molar-refractivity contribution is 6.15. The SMILES string of the molecule is Nc1cc(N)c(C(=O)c2ccccc2O)c(O)c1. The second kappa shape index (κ2) is 4.29. The summed E-state index contributed by atoms with van der Waals surface area (Å²) in [7, 11) is 0. The van der Waals surface area contributed by atoms with Gasteiger partial charge in [-0.05, 0) is 18.2 Å². The largest absolute Gasteiger partial charge is 0.507 e. The van der Waals surface area contributed by atoms with Gasteiger partial charge in [0.25, 0.3) is 0 Å². The number of nitrogen functional groups attached to an aromatic ring is 2. The molecule has 0 unspecified atom stereocenters. The van der Waals surface area contributed by atoms with Gasteiger partial charge in [-0.25, -0.2) is 0 Å². The number of nitrogens with two attached hydrogens (primary N) is 2. The van der Waals surface area contributed by atoms with E-state index in [1.54, 1.807) is 12.1 Å². The van der Waals surface area contributed by atoms with Gasteiger partial charge >= 0.3 is 0 Å². The molecule has 0 bridgehead atoms. The molecule has 5 heteroatoms. The van der Waals surface area contributed by atoms with Gasteiger partial charge in [-0.2, -0.15) is 0 Å². The van der Waals surface area contributed by atoms with Crippen LogP contribution in [0, 0.1) is 0 Å². The van der Waals surface area contributed by atoms with E-state index in [0.717, 1.165) is 0 Å². The van der Waals surface area contributed by atoms with Crippen molar-refractivity contribution in [2.24, 2.45) is 0 Å². The fourth-order valence-corrected chi connectivity index (χ4v) is 1.72. The minimum absolute atomic E-state index is 0.0642. The third-order valence-electron chi connectivity index (χ3n) is 2.55. The second-order valence-electron chi connectivity index (χ2n) is 3.85. The van der Waals surface area contributed by atoms with Crippen LogP contribution in [-0.4, -0.2) is 16.0 Å². The van der Waals surface area contributed by atoms with Crippen LogP contribution in [0.25, 0.3) is 0 Å². The van der Waals surface area contributed by atoms with Crippen LogP contribution >= 0.6 is 0 Å². The van der Waals surface area contributed by atoms with Crippen molar-refractivity contribution in [3.05, 3.63) is 47.5 Å². The van der Waals surface area contributed by atoms with Gasteiger partial charge in [0, 0.05) is 17.4 Å². The van der Waals surface area contributed by atoms with Gasteiger partial charge in [-0.15, -0.1) is 0 Å². The number of hydrogen-bond acceptors (Lipinski definition) is 5. The summed E-state index contributed by atoms with van der Waals surface area (Å²) in [6.07, 6.45) is 0. The summed E-state index contributed by atoms with van der Waals surface area (Å²) in [6, 6.07) is 8.66. The first-order valence-electron chi connectivity index (χ1n) is 5.21. The fraction of sp³-hybridized carbons (Fsp3) is 0. The van der Waals surface area contributed by atoms with E-state index in [4.69, 9.17) is 11.5 Å². The third kappa shape index (κ3) is 1.93. The summed E-state index contributed by atoms with van der Waals surface area (Å²) in [5, 5.41) is 19.3. The van der Waals surface area contributed by atoms with E-state index in [1.807, 2.05) is 0 Å². The number of rotatable bonds is 2. The smallest absolute Gasteiger partial charge is 0.202 e. The van der Waals surface area contributed by atoms with E-state index in [9.17, 15) is 15.0 Å². The van der Waals surface area contributed by atoms with E-state index in [1.165, 1.54) is 24.3 Å². The predicted molar refractivity (Wildman–Crippen MR) is 68.5 cm³/mol. The Morgan fingerprint density at radius 3 is 2.28 bits per heavy atom. The number of phenolic OH excluding ortho intramolecular Hbond substituents is 2. The first kappa shape index (κ1) is 11.8. The summed E-state index contributed by atoms with van der Waals surface area (Å²) in [4.78, 5) is 12.2. The van der Waals surface area contributed by atoms with Crippen LogP contribution in [0.4, 0.5) is 11.4 Å². The van der Waals surface area contributed by atoms with Gasteiger partial charge < -0.3 is 21.7 Å².